The number of nitrogens with zero attached hydrogens (tertiary/aromatic N) is 4. The molecule has 1 aliphatic carbocycles. The molecule has 1 aliphatic rings. The number of nitro groups is 1. The minimum absolute atomic E-state index is 0.0223. The zero-order valence-corrected chi connectivity index (χ0v) is 46.7. The predicted octanol–water partition coefficient (Wildman–Crippen LogP) is 7.41. The number of sulfone groups is 1. The summed E-state index contributed by atoms with van der Waals surface area (Å²) in [5, 5.41) is 24.1. The molecule has 3 aromatic carbocycles. The number of aliphatic carboxylic acids is 1. The van der Waals surface area contributed by atoms with Gasteiger partial charge in [0, 0.05) is 56.6 Å². The Morgan fingerprint density at radius 2 is 1.72 bits per heavy atom. The minimum atomic E-state index is -3.70. The Morgan fingerprint density at radius 1 is 1.11 bits per heavy atom. The zero-order valence-electron chi connectivity index (χ0n) is 42.8. The largest absolute Gasteiger partial charge is 0.480 e. The number of benzene rings is 3. The van der Waals surface area contributed by atoms with Crippen LogP contribution >= 0.6 is 42.2 Å². The maximum atomic E-state index is 12.4. The molecule has 5 rings (SSSR count). The van der Waals surface area contributed by atoms with E-state index in [1.54, 1.807) is 12.0 Å². The van der Waals surface area contributed by atoms with E-state index in [1.165, 1.54) is 18.8 Å². The van der Waals surface area contributed by atoms with Gasteiger partial charge in [-0.3, -0.25) is 38.7 Å². The third kappa shape index (κ3) is 19.4. The van der Waals surface area contributed by atoms with Gasteiger partial charge < -0.3 is 34.5 Å². The van der Waals surface area contributed by atoms with E-state index >= 15 is 0 Å². The van der Waals surface area contributed by atoms with Crippen LogP contribution in [-0.4, -0.2) is 120 Å². The zero-order chi connectivity index (χ0) is 57.3. The molecule has 0 spiro atoms. The first kappa shape index (κ1) is 65.4. The lowest BCUT2D eigenvalue weighted by molar-refractivity contribution is -0.385. The van der Waals surface area contributed by atoms with Gasteiger partial charge in [-0.05, 0) is 62.4 Å². The normalized spacial score (nSPS) is 14.2. The Bertz CT molecular complexity index is 2980. The van der Waals surface area contributed by atoms with Gasteiger partial charge in [-0.2, -0.15) is 4.68 Å². The van der Waals surface area contributed by atoms with Crippen molar-refractivity contribution in [2.45, 2.75) is 96.0 Å². The highest BCUT2D eigenvalue weighted by Crippen LogP contribution is 2.36. The highest BCUT2D eigenvalue weighted by Gasteiger charge is 2.39. The van der Waals surface area contributed by atoms with Crippen molar-refractivity contribution in [3.05, 3.63) is 102 Å². The van der Waals surface area contributed by atoms with Crippen molar-refractivity contribution in [3.63, 3.8) is 0 Å². The molecule has 1 fully saturated rings. The number of nitrogens with two attached hydrogens (primary N) is 1. The van der Waals surface area contributed by atoms with E-state index in [0.29, 0.717) is 30.4 Å². The second-order valence-corrected chi connectivity index (χ2v) is 23.6. The first-order valence-electron chi connectivity index (χ1n) is 22.7. The van der Waals surface area contributed by atoms with Crippen LogP contribution in [0.4, 0.5) is 11.4 Å². The summed E-state index contributed by atoms with van der Waals surface area (Å²) in [6.45, 7) is 13.4. The van der Waals surface area contributed by atoms with Gasteiger partial charge in [0.2, 0.25) is 11.8 Å². The van der Waals surface area contributed by atoms with Crippen LogP contribution in [0.1, 0.15) is 87.7 Å². The van der Waals surface area contributed by atoms with Crippen LogP contribution in [0.3, 0.4) is 0 Å². The number of halogens is 3. The van der Waals surface area contributed by atoms with Gasteiger partial charge in [-0.15, -0.1) is 23.1 Å². The quantitative estimate of drug-likeness (QED) is 0.0176. The molecule has 0 bridgehead atoms. The number of aromatic nitrogens is 2. The van der Waals surface area contributed by atoms with Crippen LogP contribution in [-0.2, 0) is 50.2 Å². The number of nitro benzene ring substituents is 1. The number of terminal acetylenes is 1. The average molecular weight is 1150 g/mol. The van der Waals surface area contributed by atoms with Crippen molar-refractivity contribution in [1.82, 2.24) is 9.78 Å². The molecule has 1 saturated carbocycles. The molecule has 26 heteroatoms. The molecule has 1 heterocycles. The lowest BCUT2D eigenvalue weighted by atomic mass is 9.81. The molecular weight excluding hydrogens is 1080 g/mol. The molecule has 0 saturated heterocycles. The number of anilines is 1. The van der Waals surface area contributed by atoms with Crippen LogP contribution in [0.25, 0.3) is 5.69 Å². The van der Waals surface area contributed by atoms with Crippen molar-refractivity contribution in [2.24, 2.45) is 11.7 Å². The van der Waals surface area contributed by atoms with Gasteiger partial charge in [0.15, 0.2) is 34.6 Å². The maximum Gasteiger partial charge on any atom is 0.442 e. The molecule has 410 valence electrons. The van der Waals surface area contributed by atoms with Crippen molar-refractivity contribution >= 4 is 92.6 Å². The van der Waals surface area contributed by atoms with Gasteiger partial charge in [-0.1, -0.05) is 75.0 Å². The van der Waals surface area contributed by atoms with E-state index < -0.39 is 79.8 Å². The summed E-state index contributed by atoms with van der Waals surface area (Å²) in [7, 11) is -5.16. The van der Waals surface area contributed by atoms with Crippen LogP contribution in [0, 0.1) is 35.3 Å². The summed E-state index contributed by atoms with van der Waals surface area (Å²) in [6, 6.07) is 10.8. The average Bonchev–Trinajstić information content (AvgIpc) is 3.72. The summed E-state index contributed by atoms with van der Waals surface area (Å²) in [4.78, 5) is 90.8. The van der Waals surface area contributed by atoms with Crippen molar-refractivity contribution < 1.29 is 65.8 Å². The SMILES string of the molecule is C#CCOc1cc(-n2nc(C(C)(C)C)oc2=O)c(Cl)cc1Cl.CCc1cccc(C)c1N(C(=O)CCl)C(C)COC.CP(=O)(O)CCC(N)C(=O)O.CS(=O)(=O)c1ccc(C(=O)C2C(=O)CCCC2=O)c([N+](=O)[O-])c1. The summed E-state index contributed by atoms with van der Waals surface area (Å²) in [5.41, 5.74) is 7.03. The number of carbonyl (C=O) groups is 5. The second-order valence-electron chi connectivity index (χ2n) is 18.0. The number of rotatable bonds is 17. The lowest BCUT2D eigenvalue weighted by Crippen LogP contribution is -2.43. The van der Waals surface area contributed by atoms with Crippen LogP contribution < -0.4 is 21.1 Å². The minimum Gasteiger partial charge on any atom is -0.480 e. The van der Waals surface area contributed by atoms with Crippen molar-refractivity contribution in [3.8, 4) is 23.8 Å². The first-order valence-corrected chi connectivity index (χ1v) is 28.2. The highest BCUT2D eigenvalue weighted by atomic mass is 35.5. The molecular formula is C49H61Cl3N5O16PS. The van der Waals surface area contributed by atoms with E-state index in [2.05, 4.69) is 24.0 Å². The van der Waals surface area contributed by atoms with Gasteiger partial charge in [0.05, 0.1) is 49.5 Å². The Morgan fingerprint density at radius 3 is 2.20 bits per heavy atom. The molecule has 0 aliphatic heterocycles. The number of carboxylic acids is 1. The summed E-state index contributed by atoms with van der Waals surface area (Å²) in [5.74, 6) is -2.56. The van der Waals surface area contributed by atoms with E-state index in [1.807, 2.05) is 46.8 Å². The molecule has 1 amide bonds. The first-order chi connectivity index (χ1) is 34.7. The lowest BCUT2D eigenvalue weighted by Gasteiger charge is -2.31. The summed E-state index contributed by atoms with van der Waals surface area (Å²) in [6.07, 6.45) is 7.40. The molecule has 21 nitrogen and oxygen atoms in total. The molecule has 4 N–H and O–H groups in total. The smallest absolute Gasteiger partial charge is 0.442 e. The highest BCUT2D eigenvalue weighted by molar-refractivity contribution is 7.90. The fourth-order valence-electron chi connectivity index (χ4n) is 6.92. The molecule has 75 heavy (non-hydrogen) atoms. The number of amides is 1. The number of methoxy groups -OCH3 is 1. The third-order valence-corrected chi connectivity index (χ3v) is 13.7. The van der Waals surface area contributed by atoms with E-state index in [9.17, 15) is 51.9 Å². The number of hydrogen-bond acceptors (Lipinski definition) is 16. The van der Waals surface area contributed by atoms with E-state index in [4.69, 9.17) is 70.9 Å². The van der Waals surface area contributed by atoms with Gasteiger partial charge in [-0.25, -0.2) is 13.2 Å². The standard InChI is InChI=1S/C15H14Cl2N2O3.C15H22ClNO2.C14H13NO7S.C5H12NO4P/c1-5-6-21-12-8-11(9(16)7-10(12)17)19-14(20)22-13(18-19)15(2,3)4;1-5-13-8-6-7-11(2)15(13)17(14(18)9-16)12(3)10-19-4;1-23(21,22)8-5-6-9(10(7-8)15(19)20)14(18)13-11(16)3-2-4-12(13)17;1-11(9,10)3-2-4(6)5(7)8/h1,7-8H,6H2,2-4H3;6-8,12H,5,9-10H2,1-4H3;5-7,13H,2-4H2,1H3;4H,2-3,6H2,1H3,(H,7,8)(H,9,10). The van der Waals surface area contributed by atoms with E-state index in [0.717, 1.165) is 52.4 Å². The number of carboxylic acid groups (broad SMARTS) is 1. The maximum absolute atomic E-state index is 12.4. The van der Waals surface area contributed by atoms with E-state index in [-0.39, 0.29) is 64.8 Å². The molecule has 1 aromatic heterocycles. The summed E-state index contributed by atoms with van der Waals surface area (Å²) < 4.78 is 50.3. The van der Waals surface area contributed by atoms with Gasteiger partial charge >= 0.3 is 11.7 Å². The second kappa shape index (κ2) is 28.9. The molecule has 3 unspecified atom stereocenters. The Balaban J connectivity index is 0.000000352. The monoisotopic (exact) mass is 1140 g/mol. The van der Waals surface area contributed by atoms with Crippen LogP contribution in [0.15, 0.2) is 62.6 Å². The molecule has 3 atom stereocenters. The van der Waals surface area contributed by atoms with Crippen LogP contribution in [0.2, 0.25) is 10.0 Å². The Hall–Kier alpha value is -5.76. The fraction of sp³-hybridized carbons (Fsp3) is 0.449. The van der Waals surface area contributed by atoms with Gasteiger partial charge in [0.1, 0.15) is 30.2 Å². The fourth-order valence-corrected chi connectivity index (χ4v) is 8.97. The summed E-state index contributed by atoms with van der Waals surface area (Å²) >= 11 is 17.9. The number of hydrogen-bond donors (Lipinski definition) is 3. The predicted molar refractivity (Wildman–Crippen MR) is 284 cm³/mol. The third-order valence-electron chi connectivity index (χ3n) is 10.7. The van der Waals surface area contributed by atoms with Crippen LogP contribution in [0.5, 0.6) is 5.75 Å². The number of para-hydroxylation sites is 1. The van der Waals surface area contributed by atoms with Gasteiger partial charge in [0.25, 0.3) is 5.69 Å². The number of ether oxygens (including phenoxy) is 2. The number of aryl methyl sites for hydroxylation is 2. The molecule has 4 aromatic rings. The Labute approximate surface area is 449 Å². The number of alkyl halides is 1. The number of ketones is 3. The molecule has 0 radical (unpaired) electrons. The number of carbonyl (C=O) groups excluding carboxylic acids is 4. The topological polar surface area (TPSA) is 316 Å². The van der Waals surface area contributed by atoms with Crippen molar-refractivity contribution in [1.29, 1.82) is 0 Å². The Kier molecular flexibility index (Phi) is 25.2. The number of Topliss-reactive ketones (excluding diaryl/α,β-unsaturated/α-hetero) is 3. The van der Waals surface area contributed by atoms with Crippen molar-refractivity contribution in [2.75, 3.05) is 50.2 Å².